The number of morpholine rings is 1. The van der Waals surface area contributed by atoms with Crippen molar-refractivity contribution in [2.45, 2.75) is 11.5 Å². The number of benzene rings is 2. The van der Waals surface area contributed by atoms with Crippen molar-refractivity contribution in [3.05, 3.63) is 68.2 Å². The number of hydrogen-bond acceptors (Lipinski definition) is 7. The van der Waals surface area contributed by atoms with Gasteiger partial charge in [-0.15, -0.1) is 0 Å². The van der Waals surface area contributed by atoms with E-state index in [1.54, 1.807) is 6.07 Å². The van der Waals surface area contributed by atoms with E-state index in [9.17, 15) is 23.3 Å². The molecule has 1 heterocycles. The van der Waals surface area contributed by atoms with Gasteiger partial charge in [-0.1, -0.05) is 12.1 Å². The molecule has 154 valence electrons. The fourth-order valence-electron chi connectivity index (χ4n) is 2.75. The van der Waals surface area contributed by atoms with E-state index in [2.05, 4.69) is 15.9 Å². The second-order valence-corrected chi connectivity index (χ2v) is 8.93. The number of non-ortho nitro benzene ring substituents is 1. The number of nitrogens with zero attached hydrogens (tertiary/aromatic N) is 2. The Kier molecular flexibility index (Phi) is 6.63. The van der Waals surface area contributed by atoms with Crippen LogP contribution in [0, 0.1) is 10.1 Å². The lowest BCUT2D eigenvalue weighted by Crippen LogP contribution is -2.40. The minimum Gasteiger partial charge on any atom is -0.457 e. The van der Waals surface area contributed by atoms with Crippen molar-refractivity contribution in [3.63, 3.8) is 0 Å². The maximum absolute atomic E-state index is 12.9. The van der Waals surface area contributed by atoms with Crippen molar-refractivity contribution in [2.24, 2.45) is 0 Å². The molecule has 0 radical (unpaired) electrons. The zero-order valence-corrected chi connectivity index (χ0v) is 17.5. The number of sulfonamides is 1. The number of rotatable bonds is 6. The van der Waals surface area contributed by atoms with Crippen LogP contribution in [-0.2, 0) is 26.1 Å². The second-order valence-electron chi connectivity index (χ2n) is 6.16. The van der Waals surface area contributed by atoms with E-state index < -0.39 is 20.9 Å². The highest BCUT2D eigenvalue weighted by Crippen LogP contribution is 2.27. The molecule has 2 aromatic carbocycles. The van der Waals surface area contributed by atoms with Gasteiger partial charge in [0.05, 0.1) is 28.6 Å². The van der Waals surface area contributed by atoms with Crippen molar-refractivity contribution in [1.29, 1.82) is 0 Å². The molecule has 0 aromatic heterocycles. The molecule has 1 aliphatic rings. The van der Waals surface area contributed by atoms with E-state index in [0.717, 1.165) is 0 Å². The zero-order chi connectivity index (χ0) is 21.0. The Morgan fingerprint density at radius 2 is 1.93 bits per heavy atom. The minimum absolute atomic E-state index is 0.0378. The van der Waals surface area contributed by atoms with Crippen molar-refractivity contribution in [2.75, 3.05) is 26.3 Å². The maximum Gasteiger partial charge on any atom is 0.338 e. The Bertz CT molecular complexity index is 1040. The van der Waals surface area contributed by atoms with Gasteiger partial charge in [0.25, 0.3) is 5.69 Å². The van der Waals surface area contributed by atoms with Crippen LogP contribution in [0.4, 0.5) is 5.69 Å². The summed E-state index contributed by atoms with van der Waals surface area (Å²) in [7, 11) is -3.81. The fraction of sp³-hybridized carbons (Fsp3) is 0.278. The molecule has 1 fully saturated rings. The third kappa shape index (κ3) is 4.99. The van der Waals surface area contributed by atoms with E-state index in [4.69, 9.17) is 9.47 Å². The normalized spacial score (nSPS) is 15.1. The number of nitro groups is 1. The largest absolute Gasteiger partial charge is 0.457 e. The lowest BCUT2D eigenvalue weighted by Gasteiger charge is -2.26. The van der Waals surface area contributed by atoms with Crippen LogP contribution in [-0.4, -0.2) is 49.9 Å². The number of carbonyl (C=O) groups is 1. The topological polar surface area (TPSA) is 116 Å². The molecule has 0 saturated carbocycles. The van der Waals surface area contributed by atoms with Gasteiger partial charge < -0.3 is 9.47 Å². The lowest BCUT2D eigenvalue weighted by molar-refractivity contribution is -0.384. The first-order valence-electron chi connectivity index (χ1n) is 8.57. The molecule has 3 rings (SSSR count). The maximum atomic E-state index is 12.9. The van der Waals surface area contributed by atoms with Gasteiger partial charge in [-0.25, -0.2) is 13.2 Å². The van der Waals surface area contributed by atoms with Gasteiger partial charge in [-0.3, -0.25) is 10.1 Å². The molecule has 0 spiro atoms. The van der Waals surface area contributed by atoms with Gasteiger partial charge in [0, 0.05) is 29.7 Å². The molecular weight excluding hydrogens is 468 g/mol. The van der Waals surface area contributed by atoms with E-state index in [1.165, 1.54) is 40.7 Å². The number of ether oxygens (including phenoxy) is 2. The predicted octanol–water partition coefficient (Wildman–Crippen LogP) is 2.74. The average molecular weight is 485 g/mol. The number of esters is 1. The van der Waals surface area contributed by atoms with Crippen LogP contribution < -0.4 is 0 Å². The number of nitro benzene ring substituents is 1. The summed E-state index contributed by atoms with van der Waals surface area (Å²) in [6.07, 6.45) is 0. The minimum atomic E-state index is -3.81. The summed E-state index contributed by atoms with van der Waals surface area (Å²) in [5.41, 5.74) is 0.400. The summed E-state index contributed by atoms with van der Waals surface area (Å²) >= 11 is 3.23. The van der Waals surface area contributed by atoms with Crippen LogP contribution in [0.3, 0.4) is 0 Å². The molecular formula is C18H17BrN2O7S. The molecule has 1 aliphatic heterocycles. The smallest absolute Gasteiger partial charge is 0.338 e. The molecule has 11 heteroatoms. The highest BCUT2D eigenvalue weighted by molar-refractivity contribution is 9.10. The Labute approximate surface area is 175 Å². The third-order valence-electron chi connectivity index (χ3n) is 4.25. The van der Waals surface area contributed by atoms with Gasteiger partial charge >= 0.3 is 5.97 Å². The van der Waals surface area contributed by atoms with Crippen LogP contribution in [0.5, 0.6) is 0 Å². The molecule has 0 atom stereocenters. The summed E-state index contributed by atoms with van der Waals surface area (Å²) in [5, 5.41) is 10.8. The SMILES string of the molecule is O=C(OCc1cccc([N+](=O)[O-])c1)c1ccc(Br)c(S(=O)(=O)N2CCOCC2)c1. The predicted molar refractivity (Wildman–Crippen MR) is 106 cm³/mol. The Hall–Kier alpha value is -2.34. The van der Waals surface area contributed by atoms with Crippen molar-refractivity contribution in [1.82, 2.24) is 4.31 Å². The van der Waals surface area contributed by atoms with Gasteiger partial charge in [0.1, 0.15) is 6.61 Å². The van der Waals surface area contributed by atoms with Crippen molar-refractivity contribution >= 4 is 37.6 Å². The molecule has 0 amide bonds. The molecule has 1 saturated heterocycles. The molecule has 29 heavy (non-hydrogen) atoms. The molecule has 0 bridgehead atoms. The van der Waals surface area contributed by atoms with Crippen molar-refractivity contribution in [3.8, 4) is 0 Å². The number of carbonyl (C=O) groups excluding carboxylic acids is 1. The fourth-order valence-corrected chi connectivity index (χ4v) is 5.10. The van der Waals surface area contributed by atoms with Gasteiger partial charge in [0.15, 0.2) is 0 Å². The van der Waals surface area contributed by atoms with E-state index in [1.807, 2.05) is 0 Å². The second kappa shape index (κ2) is 8.99. The Morgan fingerprint density at radius 1 is 1.21 bits per heavy atom. The van der Waals surface area contributed by atoms with Gasteiger partial charge in [0.2, 0.25) is 10.0 Å². The molecule has 0 N–H and O–H groups in total. The molecule has 0 aliphatic carbocycles. The lowest BCUT2D eigenvalue weighted by atomic mass is 10.2. The van der Waals surface area contributed by atoms with Crippen molar-refractivity contribution < 1.29 is 27.6 Å². The Morgan fingerprint density at radius 3 is 2.62 bits per heavy atom. The van der Waals surface area contributed by atoms with Crippen LogP contribution >= 0.6 is 15.9 Å². The van der Waals surface area contributed by atoms with Crippen LogP contribution in [0.2, 0.25) is 0 Å². The summed E-state index contributed by atoms with van der Waals surface area (Å²) in [6, 6.07) is 9.90. The van der Waals surface area contributed by atoms with Gasteiger partial charge in [-0.05, 0) is 39.7 Å². The highest BCUT2D eigenvalue weighted by atomic mass is 79.9. The Balaban J connectivity index is 1.77. The number of hydrogen-bond donors (Lipinski definition) is 0. The van der Waals surface area contributed by atoms with Crippen LogP contribution in [0.15, 0.2) is 51.8 Å². The van der Waals surface area contributed by atoms with E-state index in [0.29, 0.717) is 23.2 Å². The monoisotopic (exact) mass is 484 g/mol. The highest BCUT2D eigenvalue weighted by Gasteiger charge is 2.29. The third-order valence-corrected chi connectivity index (χ3v) is 7.14. The summed E-state index contributed by atoms with van der Waals surface area (Å²) < 4.78 is 37.8. The molecule has 9 nitrogen and oxygen atoms in total. The van der Waals surface area contributed by atoms with Crippen LogP contribution in [0.25, 0.3) is 0 Å². The number of halogens is 1. The average Bonchev–Trinajstić information content (AvgIpc) is 2.73. The first-order chi connectivity index (χ1) is 13.8. The zero-order valence-electron chi connectivity index (χ0n) is 15.1. The first-order valence-corrected chi connectivity index (χ1v) is 10.8. The molecule has 2 aromatic rings. The standard InChI is InChI=1S/C18H17BrN2O7S/c19-16-5-4-14(11-17(16)29(25,26)20-6-8-27-9-7-20)18(22)28-12-13-2-1-3-15(10-13)21(23)24/h1-5,10-11H,6-9,12H2. The first kappa shape index (κ1) is 21.4. The van der Waals surface area contributed by atoms with Crippen LogP contribution in [0.1, 0.15) is 15.9 Å². The van der Waals surface area contributed by atoms with E-state index >= 15 is 0 Å². The molecule has 0 unspecified atom stereocenters. The summed E-state index contributed by atoms with van der Waals surface area (Å²) in [5.74, 6) is -0.734. The summed E-state index contributed by atoms with van der Waals surface area (Å²) in [6.45, 7) is 0.901. The summed E-state index contributed by atoms with van der Waals surface area (Å²) in [4.78, 5) is 22.7. The van der Waals surface area contributed by atoms with Gasteiger partial charge in [-0.2, -0.15) is 4.31 Å². The quantitative estimate of drug-likeness (QED) is 0.351. The van der Waals surface area contributed by atoms with E-state index in [-0.39, 0.29) is 35.8 Å².